The van der Waals surface area contributed by atoms with Gasteiger partial charge in [-0.25, -0.2) is 4.79 Å². The highest BCUT2D eigenvalue weighted by atomic mass is 16.2. The van der Waals surface area contributed by atoms with Gasteiger partial charge >= 0.3 is 6.03 Å². The molecule has 2 saturated heterocycles. The average Bonchev–Trinajstić information content (AvgIpc) is 2.67. The summed E-state index contributed by atoms with van der Waals surface area (Å²) >= 11 is 0. The van der Waals surface area contributed by atoms with Gasteiger partial charge in [-0.15, -0.1) is 0 Å². The zero-order valence-electron chi connectivity index (χ0n) is 10.2. The molecule has 0 spiro atoms. The van der Waals surface area contributed by atoms with Gasteiger partial charge in [0, 0.05) is 38.6 Å². The number of rotatable bonds is 3. The molecule has 2 atom stereocenters. The number of fused-ring (bicyclic) bond motifs is 1. The van der Waals surface area contributed by atoms with Gasteiger partial charge in [-0.1, -0.05) is 0 Å². The van der Waals surface area contributed by atoms with Gasteiger partial charge in [-0.05, 0) is 13.3 Å². The van der Waals surface area contributed by atoms with Gasteiger partial charge in [0.2, 0.25) is 5.91 Å². The summed E-state index contributed by atoms with van der Waals surface area (Å²) in [5, 5.41) is 2.80. The quantitative estimate of drug-likeness (QED) is 0.688. The molecule has 0 aromatic heterocycles. The molecule has 17 heavy (non-hydrogen) atoms. The van der Waals surface area contributed by atoms with E-state index < -0.39 is 0 Å². The lowest BCUT2D eigenvalue weighted by Crippen LogP contribution is -2.53. The Bertz CT molecular complexity index is 319. The highest BCUT2D eigenvalue weighted by Crippen LogP contribution is 2.15. The van der Waals surface area contributed by atoms with Crippen LogP contribution in [-0.2, 0) is 4.79 Å². The minimum Gasteiger partial charge on any atom is -0.339 e. The van der Waals surface area contributed by atoms with Crippen LogP contribution in [0.4, 0.5) is 4.79 Å². The van der Waals surface area contributed by atoms with Gasteiger partial charge in [0.25, 0.3) is 0 Å². The van der Waals surface area contributed by atoms with Gasteiger partial charge < -0.3 is 20.9 Å². The Labute approximate surface area is 101 Å². The molecule has 0 saturated carbocycles. The van der Waals surface area contributed by atoms with E-state index in [9.17, 15) is 9.59 Å². The van der Waals surface area contributed by atoms with E-state index in [2.05, 4.69) is 5.32 Å². The highest BCUT2D eigenvalue weighted by molar-refractivity contribution is 5.79. The number of carbonyl (C=O) groups is 2. The van der Waals surface area contributed by atoms with Gasteiger partial charge in [-0.2, -0.15) is 0 Å². The van der Waals surface area contributed by atoms with Crippen molar-refractivity contribution in [1.82, 2.24) is 15.1 Å². The Hall–Kier alpha value is -1.30. The molecule has 2 fully saturated rings. The molecule has 3 amide bonds. The number of hydrogen-bond acceptors (Lipinski definition) is 3. The molecule has 2 aliphatic heterocycles. The number of urea groups is 1. The first-order valence-corrected chi connectivity index (χ1v) is 6.15. The van der Waals surface area contributed by atoms with E-state index in [0.29, 0.717) is 32.6 Å². The first kappa shape index (κ1) is 12.2. The van der Waals surface area contributed by atoms with Crippen molar-refractivity contribution in [2.45, 2.75) is 31.8 Å². The minimum atomic E-state index is -0.00215. The summed E-state index contributed by atoms with van der Waals surface area (Å²) in [4.78, 5) is 27.0. The Balaban J connectivity index is 1.84. The van der Waals surface area contributed by atoms with Crippen LogP contribution in [0.3, 0.4) is 0 Å². The third-order valence-electron chi connectivity index (χ3n) is 3.40. The molecule has 0 aromatic rings. The maximum Gasteiger partial charge on any atom is 0.317 e. The number of piperazine rings is 1. The molecule has 6 heteroatoms. The van der Waals surface area contributed by atoms with Crippen molar-refractivity contribution in [1.29, 1.82) is 0 Å². The van der Waals surface area contributed by atoms with Crippen molar-refractivity contribution >= 4 is 11.9 Å². The second-order valence-corrected chi connectivity index (χ2v) is 4.89. The molecule has 3 N–H and O–H groups in total. The topological polar surface area (TPSA) is 78.7 Å². The van der Waals surface area contributed by atoms with E-state index in [4.69, 9.17) is 5.73 Å². The van der Waals surface area contributed by atoms with Gasteiger partial charge in [0.15, 0.2) is 0 Å². The van der Waals surface area contributed by atoms with Gasteiger partial charge in [0.1, 0.15) is 0 Å². The van der Waals surface area contributed by atoms with Gasteiger partial charge in [-0.3, -0.25) is 4.79 Å². The number of nitrogens with two attached hydrogens (primary N) is 1. The fourth-order valence-electron chi connectivity index (χ4n) is 2.34. The molecule has 2 aliphatic rings. The Kier molecular flexibility index (Phi) is 3.51. The number of nitrogens with one attached hydrogen (secondary N) is 1. The molecule has 2 heterocycles. The second-order valence-electron chi connectivity index (χ2n) is 4.89. The Morgan fingerprint density at radius 1 is 1.59 bits per heavy atom. The second kappa shape index (κ2) is 4.91. The van der Waals surface area contributed by atoms with Crippen LogP contribution < -0.4 is 11.1 Å². The molecule has 0 bridgehead atoms. The lowest BCUT2D eigenvalue weighted by atomic mass is 10.1. The maximum absolute atomic E-state index is 11.9. The number of carbonyl (C=O) groups excluding carboxylic acids is 2. The van der Waals surface area contributed by atoms with Crippen LogP contribution in [-0.4, -0.2) is 60.0 Å². The molecule has 0 aliphatic carbocycles. The van der Waals surface area contributed by atoms with Crippen molar-refractivity contribution in [2.75, 3.05) is 26.2 Å². The number of amides is 3. The van der Waals surface area contributed by atoms with E-state index in [1.165, 1.54) is 0 Å². The van der Waals surface area contributed by atoms with Crippen molar-refractivity contribution in [3.63, 3.8) is 0 Å². The minimum absolute atomic E-state index is 0.00215. The molecule has 0 aromatic carbocycles. The van der Waals surface area contributed by atoms with Crippen molar-refractivity contribution in [3.8, 4) is 0 Å². The molecule has 2 rings (SSSR count). The maximum atomic E-state index is 11.9. The molecular formula is C11H20N4O2. The smallest absolute Gasteiger partial charge is 0.317 e. The van der Waals surface area contributed by atoms with Crippen LogP contribution in [0, 0.1) is 0 Å². The van der Waals surface area contributed by atoms with E-state index >= 15 is 0 Å². The standard InChI is InChI=1S/C11H20N4O2/c1-8(12)2-3-10(16)14-4-5-15-9(7-14)6-13-11(15)17/h8-9H,2-7,12H2,1H3,(H,13,17). The number of nitrogens with zero attached hydrogens (tertiary/aromatic N) is 2. The van der Waals surface area contributed by atoms with Crippen LogP contribution in [0.2, 0.25) is 0 Å². The fourth-order valence-corrected chi connectivity index (χ4v) is 2.34. The van der Waals surface area contributed by atoms with Crippen LogP contribution in [0.15, 0.2) is 0 Å². The van der Waals surface area contributed by atoms with Crippen molar-refractivity contribution in [3.05, 3.63) is 0 Å². The summed E-state index contributed by atoms with van der Waals surface area (Å²) in [6, 6.07) is 0.211. The van der Waals surface area contributed by atoms with Crippen LogP contribution in [0.25, 0.3) is 0 Å². The zero-order chi connectivity index (χ0) is 12.4. The summed E-state index contributed by atoms with van der Waals surface area (Å²) in [7, 11) is 0. The van der Waals surface area contributed by atoms with Gasteiger partial charge in [0.05, 0.1) is 6.04 Å². The molecule has 0 radical (unpaired) electrons. The Morgan fingerprint density at radius 2 is 2.35 bits per heavy atom. The SMILES string of the molecule is CC(N)CCC(=O)N1CCN2C(=O)NCC2C1. The first-order valence-electron chi connectivity index (χ1n) is 6.15. The third kappa shape index (κ3) is 2.69. The zero-order valence-corrected chi connectivity index (χ0v) is 10.2. The predicted octanol–water partition coefficient (Wildman–Crippen LogP) is -0.650. The highest BCUT2D eigenvalue weighted by Gasteiger charge is 2.36. The van der Waals surface area contributed by atoms with E-state index in [0.717, 1.165) is 6.42 Å². The third-order valence-corrected chi connectivity index (χ3v) is 3.40. The normalized spacial score (nSPS) is 25.5. The molecule has 2 unspecified atom stereocenters. The summed E-state index contributed by atoms with van der Waals surface area (Å²) in [6.07, 6.45) is 1.23. The van der Waals surface area contributed by atoms with Crippen molar-refractivity contribution in [2.24, 2.45) is 5.73 Å². The van der Waals surface area contributed by atoms with E-state index in [1.807, 2.05) is 16.7 Å². The lowest BCUT2D eigenvalue weighted by molar-refractivity contribution is -0.133. The predicted molar refractivity (Wildman–Crippen MR) is 63.4 cm³/mol. The largest absolute Gasteiger partial charge is 0.339 e. The summed E-state index contributed by atoms with van der Waals surface area (Å²) in [6.45, 7) is 4.49. The first-order chi connectivity index (χ1) is 8.08. The monoisotopic (exact) mass is 240 g/mol. The van der Waals surface area contributed by atoms with E-state index in [-0.39, 0.29) is 24.0 Å². The summed E-state index contributed by atoms with van der Waals surface area (Å²) in [5.74, 6) is 0.154. The van der Waals surface area contributed by atoms with Crippen LogP contribution >= 0.6 is 0 Å². The van der Waals surface area contributed by atoms with Crippen molar-refractivity contribution < 1.29 is 9.59 Å². The molecule has 6 nitrogen and oxygen atoms in total. The van der Waals surface area contributed by atoms with Crippen LogP contribution in [0.1, 0.15) is 19.8 Å². The number of hydrogen-bond donors (Lipinski definition) is 2. The van der Waals surface area contributed by atoms with E-state index in [1.54, 1.807) is 0 Å². The summed E-state index contributed by atoms with van der Waals surface area (Å²) in [5.41, 5.74) is 5.64. The molecular weight excluding hydrogens is 220 g/mol. The van der Waals surface area contributed by atoms with Crippen LogP contribution in [0.5, 0.6) is 0 Å². The summed E-state index contributed by atoms with van der Waals surface area (Å²) < 4.78 is 0. The lowest BCUT2D eigenvalue weighted by Gasteiger charge is -2.36. The fraction of sp³-hybridized carbons (Fsp3) is 0.818. The molecule has 96 valence electrons. The average molecular weight is 240 g/mol. The Morgan fingerprint density at radius 3 is 3.06 bits per heavy atom.